The highest BCUT2D eigenvalue weighted by Crippen LogP contribution is 2.18. The Morgan fingerprint density at radius 2 is 2.35 bits per heavy atom. The van der Waals surface area contributed by atoms with Gasteiger partial charge in [0.05, 0.1) is 19.1 Å². The Morgan fingerprint density at radius 1 is 1.43 bits per heavy atom. The van der Waals surface area contributed by atoms with E-state index in [4.69, 9.17) is 4.74 Å². The number of ether oxygens (including phenoxy) is 1. The molecular weight excluding hydrogens is 310 g/mol. The lowest BCUT2D eigenvalue weighted by Crippen LogP contribution is -2.46. The van der Waals surface area contributed by atoms with Crippen LogP contribution in [0.5, 0.6) is 0 Å². The number of rotatable bonds is 5. The molecule has 0 unspecified atom stereocenters. The number of thiophene rings is 1. The lowest BCUT2D eigenvalue weighted by atomic mass is 10.1. The molecule has 0 aliphatic carbocycles. The van der Waals surface area contributed by atoms with Gasteiger partial charge in [0.2, 0.25) is 5.91 Å². The minimum Gasteiger partial charge on any atom is -0.375 e. The monoisotopic (exact) mass is 331 g/mol. The molecule has 0 aromatic carbocycles. The van der Waals surface area contributed by atoms with Gasteiger partial charge in [0, 0.05) is 34.7 Å². The standard InChI is InChI=1S/C17H21N3O2S/c1-13-2-5-16(23-13)10-17(21)20-8-9-22-15(11-20)4-3-14-6-7-18-12-19-14/h2,5-7,12,15H,3-4,8-11H2,1H3/t15-/m0/s1. The third-order valence-electron chi connectivity index (χ3n) is 3.98. The van der Waals surface area contributed by atoms with Crippen molar-refractivity contribution >= 4 is 17.2 Å². The van der Waals surface area contributed by atoms with E-state index in [-0.39, 0.29) is 12.0 Å². The first-order chi connectivity index (χ1) is 11.2. The van der Waals surface area contributed by atoms with E-state index in [1.54, 1.807) is 23.9 Å². The summed E-state index contributed by atoms with van der Waals surface area (Å²) in [6.45, 7) is 4.04. The number of hydrogen-bond acceptors (Lipinski definition) is 5. The summed E-state index contributed by atoms with van der Waals surface area (Å²) < 4.78 is 5.80. The molecule has 0 radical (unpaired) electrons. The third kappa shape index (κ3) is 4.59. The third-order valence-corrected chi connectivity index (χ3v) is 4.98. The highest BCUT2D eigenvalue weighted by molar-refractivity contribution is 7.12. The van der Waals surface area contributed by atoms with Crippen LogP contribution in [0.25, 0.3) is 0 Å². The van der Waals surface area contributed by atoms with Crippen LogP contribution in [0.15, 0.2) is 30.7 Å². The number of aromatic nitrogens is 2. The maximum atomic E-state index is 12.5. The summed E-state index contributed by atoms with van der Waals surface area (Å²) in [4.78, 5) is 24.9. The number of nitrogens with zero attached hydrogens (tertiary/aromatic N) is 3. The van der Waals surface area contributed by atoms with Gasteiger partial charge in [-0.1, -0.05) is 0 Å². The van der Waals surface area contributed by atoms with Crippen molar-refractivity contribution in [1.82, 2.24) is 14.9 Å². The molecule has 1 fully saturated rings. The SMILES string of the molecule is Cc1ccc(CC(=O)N2CCO[C@@H](CCc3ccncn3)C2)s1. The van der Waals surface area contributed by atoms with Gasteiger partial charge in [-0.3, -0.25) is 4.79 Å². The number of amides is 1. The fourth-order valence-corrected chi connectivity index (χ4v) is 3.62. The largest absolute Gasteiger partial charge is 0.375 e. The zero-order chi connectivity index (χ0) is 16.1. The van der Waals surface area contributed by atoms with E-state index >= 15 is 0 Å². The second-order valence-electron chi connectivity index (χ2n) is 5.76. The minimum absolute atomic E-state index is 0.0905. The van der Waals surface area contributed by atoms with Crippen LogP contribution in [0.1, 0.15) is 21.9 Å². The number of aryl methyl sites for hydroxylation is 2. The smallest absolute Gasteiger partial charge is 0.227 e. The van der Waals surface area contributed by atoms with Crippen molar-refractivity contribution in [2.75, 3.05) is 19.7 Å². The lowest BCUT2D eigenvalue weighted by molar-refractivity contribution is -0.138. The number of carbonyl (C=O) groups is 1. The van der Waals surface area contributed by atoms with E-state index in [2.05, 4.69) is 23.0 Å². The van der Waals surface area contributed by atoms with E-state index in [0.717, 1.165) is 23.4 Å². The summed E-state index contributed by atoms with van der Waals surface area (Å²) in [7, 11) is 0. The van der Waals surface area contributed by atoms with Crippen molar-refractivity contribution in [3.63, 3.8) is 0 Å². The zero-order valence-corrected chi connectivity index (χ0v) is 14.1. The second-order valence-corrected chi connectivity index (χ2v) is 7.13. The molecule has 1 atom stereocenters. The molecule has 23 heavy (non-hydrogen) atoms. The minimum atomic E-state index is 0.0905. The van der Waals surface area contributed by atoms with Gasteiger partial charge in [-0.25, -0.2) is 9.97 Å². The van der Waals surface area contributed by atoms with Crippen LogP contribution < -0.4 is 0 Å². The van der Waals surface area contributed by atoms with Crippen molar-refractivity contribution in [3.05, 3.63) is 46.2 Å². The van der Waals surface area contributed by atoms with Gasteiger partial charge in [-0.2, -0.15) is 0 Å². The number of carbonyl (C=O) groups excluding carboxylic acids is 1. The first-order valence-electron chi connectivity index (χ1n) is 7.90. The van der Waals surface area contributed by atoms with Crippen LogP contribution in [0.4, 0.5) is 0 Å². The second kappa shape index (κ2) is 7.66. The predicted molar refractivity (Wildman–Crippen MR) is 89.4 cm³/mol. The van der Waals surface area contributed by atoms with Crippen molar-refractivity contribution in [2.45, 2.75) is 32.3 Å². The molecule has 5 nitrogen and oxygen atoms in total. The van der Waals surface area contributed by atoms with Crippen LogP contribution in [-0.2, 0) is 22.4 Å². The maximum absolute atomic E-state index is 12.5. The predicted octanol–water partition coefficient (Wildman–Crippen LogP) is 2.25. The Kier molecular flexibility index (Phi) is 5.35. The van der Waals surface area contributed by atoms with Gasteiger partial charge in [-0.05, 0) is 38.0 Å². The summed E-state index contributed by atoms with van der Waals surface area (Å²) >= 11 is 1.70. The highest BCUT2D eigenvalue weighted by atomic mass is 32.1. The molecule has 3 heterocycles. The summed E-state index contributed by atoms with van der Waals surface area (Å²) in [5.41, 5.74) is 1.01. The van der Waals surface area contributed by atoms with Gasteiger partial charge in [0.1, 0.15) is 6.33 Å². The fourth-order valence-electron chi connectivity index (χ4n) is 2.74. The molecule has 1 amide bonds. The molecule has 1 saturated heterocycles. The van der Waals surface area contributed by atoms with E-state index < -0.39 is 0 Å². The van der Waals surface area contributed by atoms with Crippen LogP contribution in [-0.4, -0.2) is 46.6 Å². The zero-order valence-electron chi connectivity index (χ0n) is 13.3. The molecule has 2 aromatic rings. The molecular formula is C17H21N3O2S. The van der Waals surface area contributed by atoms with Gasteiger partial charge in [0.25, 0.3) is 0 Å². The topological polar surface area (TPSA) is 55.3 Å². The highest BCUT2D eigenvalue weighted by Gasteiger charge is 2.24. The molecule has 0 bridgehead atoms. The van der Waals surface area contributed by atoms with Gasteiger partial charge >= 0.3 is 0 Å². The lowest BCUT2D eigenvalue weighted by Gasteiger charge is -2.33. The van der Waals surface area contributed by atoms with Crippen molar-refractivity contribution < 1.29 is 9.53 Å². The molecule has 0 spiro atoms. The Balaban J connectivity index is 1.50. The summed E-state index contributed by atoms with van der Waals surface area (Å²) in [5, 5.41) is 0. The van der Waals surface area contributed by atoms with Gasteiger partial charge < -0.3 is 9.64 Å². The van der Waals surface area contributed by atoms with Crippen molar-refractivity contribution in [3.8, 4) is 0 Å². The van der Waals surface area contributed by atoms with Crippen LogP contribution in [0, 0.1) is 6.92 Å². The maximum Gasteiger partial charge on any atom is 0.227 e. The number of morpholine rings is 1. The van der Waals surface area contributed by atoms with Crippen molar-refractivity contribution in [2.24, 2.45) is 0 Å². The molecule has 3 rings (SSSR count). The summed E-state index contributed by atoms with van der Waals surface area (Å²) in [6, 6.07) is 6.03. The average Bonchev–Trinajstić information content (AvgIpc) is 2.99. The molecule has 2 aromatic heterocycles. The van der Waals surface area contributed by atoms with Crippen LogP contribution in [0.3, 0.4) is 0 Å². The quantitative estimate of drug-likeness (QED) is 0.843. The van der Waals surface area contributed by atoms with Gasteiger partial charge in [-0.15, -0.1) is 11.3 Å². The Hall–Kier alpha value is -1.79. The Morgan fingerprint density at radius 3 is 3.09 bits per heavy atom. The summed E-state index contributed by atoms with van der Waals surface area (Å²) in [5.74, 6) is 0.196. The first-order valence-corrected chi connectivity index (χ1v) is 8.72. The molecule has 6 heteroatoms. The molecule has 0 N–H and O–H groups in total. The van der Waals surface area contributed by atoms with E-state index in [0.29, 0.717) is 26.1 Å². The Labute approximate surface area is 140 Å². The summed E-state index contributed by atoms with van der Waals surface area (Å²) in [6.07, 6.45) is 5.63. The Bertz CT molecular complexity index is 644. The first kappa shape index (κ1) is 16.1. The molecule has 0 saturated carbocycles. The number of hydrogen-bond donors (Lipinski definition) is 0. The van der Waals surface area contributed by atoms with E-state index in [1.807, 2.05) is 17.0 Å². The van der Waals surface area contributed by atoms with Crippen molar-refractivity contribution in [1.29, 1.82) is 0 Å². The fraction of sp³-hybridized carbons (Fsp3) is 0.471. The molecule has 1 aliphatic heterocycles. The average molecular weight is 331 g/mol. The van der Waals surface area contributed by atoms with Crippen LogP contribution in [0.2, 0.25) is 0 Å². The van der Waals surface area contributed by atoms with Gasteiger partial charge in [0.15, 0.2) is 0 Å². The van der Waals surface area contributed by atoms with E-state index in [9.17, 15) is 4.79 Å². The normalized spacial score (nSPS) is 18.1. The van der Waals surface area contributed by atoms with E-state index in [1.165, 1.54) is 4.88 Å². The molecule has 122 valence electrons. The van der Waals surface area contributed by atoms with Crippen LogP contribution >= 0.6 is 11.3 Å². The molecule has 1 aliphatic rings.